The van der Waals surface area contributed by atoms with Gasteiger partial charge >= 0.3 is 35.8 Å². The van der Waals surface area contributed by atoms with Crippen LogP contribution in [0.1, 0.15) is 177 Å². The molecule has 530 valence electrons. The fourth-order valence-corrected chi connectivity index (χ4v) is 5.50. The fourth-order valence-electron chi connectivity index (χ4n) is 5.50. The summed E-state index contributed by atoms with van der Waals surface area (Å²) < 4.78 is 40.3. The summed E-state index contributed by atoms with van der Waals surface area (Å²) in [4.78, 5) is 115. The lowest BCUT2D eigenvalue weighted by Crippen LogP contribution is -2.38. The predicted octanol–water partition coefficient (Wildman–Crippen LogP) is 11.6. The second-order valence-corrected chi connectivity index (χ2v) is 18.9. The number of rotatable bonds is 21. The third kappa shape index (κ3) is 57.3. The van der Waals surface area contributed by atoms with E-state index in [4.69, 9.17) is 70.6 Å². The minimum absolute atomic E-state index is 0. The molecule has 3 aromatic carbocycles. The Morgan fingerprint density at radius 1 is 0.667 bits per heavy atom. The lowest BCUT2D eigenvalue weighted by atomic mass is 10.1. The normalized spacial score (nSPS) is 11.7. The minimum atomic E-state index is -1.02. The van der Waals surface area contributed by atoms with Gasteiger partial charge < -0.3 is 64.5 Å². The van der Waals surface area contributed by atoms with E-state index in [1.165, 1.54) is 40.0 Å². The molecule has 0 bridgehead atoms. The molecule has 0 aliphatic carbocycles. The van der Waals surface area contributed by atoms with Crippen molar-refractivity contribution >= 4 is 82.3 Å². The molecule has 27 heteroatoms. The van der Waals surface area contributed by atoms with Crippen LogP contribution in [0.2, 0.25) is 0 Å². The molecular weight excluding hydrogens is 1270 g/mol. The SMILES string of the molecule is C.C.C=CCC.C=CCC.C=CCC.CC(=O)Oc1cc(C)ccc1C(=O)NCC(O)CO.CC1(C)OCC(CN)O1.CCC(=O)Cl.CCC(=O)OCC(CNC(=O)c1ccc(C)cc1OC(C)=O)OC(=O)CC.COC(=O)c1ccc(C)cc1OC(C)=O.O=O.PP. The van der Waals surface area contributed by atoms with Crippen molar-refractivity contribution in [2.45, 2.75) is 174 Å². The lowest BCUT2D eigenvalue weighted by molar-refractivity contribution is -0.158. The van der Waals surface area contributed by atoms with E-state index >= 15 is 0 Å². The smallest absolute Gasteiger partial charge is 0.341 e. The van der Waals surface area contributed by atoms with Crippen molar-refractivity contribution in [3.05, 3.63) is 136 Å². The number of benzene rings is 3. The van der Waals surface area contributed by atoms with Gasteiger partial charge in [-0.05, 0) is 119 Å². The van der Waals surface area contributed by atoms with Gasteiger partial charge in [0.25, 0.3) is 11.8 Å². The summed E-state index contributed by atoms with van der Waals surface area (Å²) in [5, 5.41) is 22.6. The molecule has 0 spiro atoms. The summed E-state index contributed by atoms with van der Waals surface area (Å²) in [5.74, 6) is -3.83. The Kier molecular flexibility index (Phi) is 71.2. The molecule has 24 nitrogen and oxygen atoms in total. The van der Waals surface area contributed by atoms with Gasteiger partial charge in [-0.25, -0.2) is 4.79 Å². The van der Waals surface area contributed by atoms with Crippen LogP contribution in [0.15, 0.2) is 92.6 Å². The van der Waals surface area contributed by atoms with Crippen molar-refractivity contribution in [1.29, 1.82) is 0 Å². The van der Waals surface area contributed by atoms with Gasteiger partial charge in [0, 0.05) is 63.1 Å². The van der Waals surface area contributed by atoms with Crippen molar-refractivity contribution in [2.75, 3.05) is 46.6 Å². The van der Waals surface area contributed by atoms with E-state index in [0.29, 0.717) is 19.6 Å². The first-order chi connectivity index (χ1) is 42.9. The summed E-state index contributed by atoms with van der Waals surface area (Å²) in [7, 11) is 5.94. The summed E-state index contributed by atoms with van der Waals surface area (Å²) in [6.07, 6.45) is 7.91. The number of carbonyl (C=O) groups is 9. The van der Waals surface area contributed by atoms with Gasteiger partial charge in [0.2, 0.25) is 5.24 Å². The highest BCUT2D eigenvalue weighted by atomic mass is 35.5. The number of hydrogen-bond donors (Lipinski definition) is 5. The van der Waals surface area contributed by atoms with E-state index in [1.807, 2.05) is 45.9 Å². The van der Waals surface area contributed by atoms with Crippen LogP contribution in [0.25, 0.3) is 0 Å². The molecule has 2 amide bonds. The maximum atomic E-state index is 12.5. The second-order valence-electron chi connectivity index (χ2n) is 18.5. The number of carbonyl (C=O) groups excluding carboxylic acids is 9. The zero-order chi connectivity index (χ0) is 71.7. The lowest BCUT2D eigenvalue weighted by Gasteiger charge is -2.18. The van der Waals surface area contributed by atoms with E-state index in [1.54, 1.807) is 70.2 Å². The van der Waals surface area contributed by atoms with Gasteiger partial charge in [0.05, 0.1) is 50.2 Å². The first kappa shape index (κ1) is 102. The van der Waals surface area contributed by atoms with Crippen LogP contribution in [0.4, 0.5) is 0 Å². The molecule has 1 aliphatic heterocycles. The number of nitrogens with one attached hydrogen (secondary N) is 2. The number of amides is 2. The van der Waals surface area contributed by atoms with Crippen molar-refractivity contribution in [1.82, 2.24) is 10.6 Å². The summed E-state index contributed by atoms with van der Waals surface area (Å²) in [5.41, 5.74) is 8.54. The average molecular weight is 1380 g/mol. The molecule has 4 rings (SSSR count). The molecule has 1 heterocycles. The molecule has 0 aromatic heterocycles. The number of hydrogen-bond acceptors (Lipinski definition) is 22. The zero-order valence-corrected chi connectivity index (χ0v) is 58.6. The Morgan fingerprint density at radius 3 is 1.28 bits per heavy atom. The number of aryl methyl sites for hydroxylation is 3. The van der Waals surface area contributed by atoms with Gasteiger partial charge in [0.1, 0.15) is 29.4 Å². The van der Waals surface area contributed by atoms with Crippen LogP contribution < -0.4 is 30.6 Å². The Hall–Kier alpha value is -7.14. The molecule has 0 radical (unpaired) electrons. The monoisotopic (exact) mass is 1380 g/mol. The maximum Gasteiger partial charge on any atom is 0.341 e. The van der Waals surface area contributed by atoms with Crippen molar-refractivity contribution in [3.63, 3.8) is 0 Å². The Bertz CT molecular complexity index is 2600. The zero-order valence-electron chi connectivity index (χ0n) is 55.5. The number of methoxy groups -OCH3 is 1. The quantitative estimate of drug-likeness (QED) is 0.0165. The highest BCUT2D eigenvalue weighted by Gasteiger charge is 2.31. The van der Waals surface area contributed by atoms with Crippen LogP contribution in [0.3, 0.4) is 0 Å². The second kappa shape index (κ2) is 64.9. The number of ether oxygens (including phenoxy) is 8. The van der Waals surface area contributed by atoms with Gasteiger partial charge in [0.15, 0.2) is 11.9 Å². The number of nitrogens with two attached hydrogens (primary N) is 1. The van der Waals surface area contributed by atoms with Crippen LogP contribution >= 0.6 is 29.5 Å². The number of allylic oxidation sites excluding steroid dienone is 3. The minimum Gasteiger partial charge on any atom is -0.465 e. The van der Waals surface area contributed by atoms with Crippen LogP contribution in [-0.2, 0) is 52.5 Å². The summed E-state index contributed by atoms with van der Waals surface area (Å²) >= 11 is 4.82. The first-order valence-electron chi connectivity index (χ1n) is 28.6. The first-order valence-corrected chi connectivity index (χ1v) is 31.6. The largest absolute Gasteiger partial charge is 0.465 e. The Labute approximate surface area is 561 Å². The predicted molar refractivity (Wildman–Crippen MR) is 374 cm³/mol. The van der Waals surface area contributed by atoms with Gasteiger partial charge in [-0.1, -0.05) is 92.8 Å². The van der Waals surface area contributed by atoms with Crippen molar-refractivity contribution < 1.29 is 91.3 Å². The van der Waals surface area contributed by atoms with Gasteiger partial charge in [-0.3, -0.25) is 38.4 Å². The van der Waals surface area contributed by atoms with Gasteiger partial charge in [-0.15, -0.1) is 37.6 Å². The number of esters is 6. The standard InChI is InChI=1S/C19H25NO7.C13H17NO5.C11H12O4.C6H13NO2.3C4H8.C3H5ClO.2CH4.O2.H4P2/c1-5-17(22)25-11-14(27-18(23)6-2)10-20-19(24)15-8-7-12(3)9-16(15)26-13(4)21;1-8-3-4-11(12(5-8)19-9(2)16)13(18)14-6-10(17)7-15;1-7-4-5-9(11(13)14-3)10(6-7)15-8(2)12;1-6(2)8-4-5(3-7)9-6;3*1-3-4-2;1-2-3(4)5;;;2*1-2/h7-9,14H,5-6,10-11H2,1-4H3,(H,20,24);3-5,10,15,17H,6-7H2,1-2H3,(H,14,18);4-6H,1-3H3;5H,3-4,7H2,1-2H3;3*3H,1,4H2,2H3;2H2,1H3;2*1H4;;1-2H2. The molecule has 3 aromatic rings. The van der Waals surface area contributed by atoms with E-state index in [9.17, 15) is 43.2 Å². The molecule has 6 N–H and O–H groups in total. The third-order valence-electron chi connectivity index (χ3n) is 10.0. The van der Waals surface area contributed by atoms with E-state index in [-0.39, 0.29) is 92.7 Å². The van der Waals surface area contributed by atoms with E-state index in [0.717, 1.165) is 36.0 Å². The molecule has 1 fully saturated rings. The average Bonchev–Trinajstić information content (AvgIpc) is 1.73. The third-order valence-corrected chi connectivity index (χ3v) is 10.3. The molecule has 93 heavy (non-hydrogen) atoms. The molecule has 1 saturated heterocycles. The van der Waals surface area contributed by atoms with Crippen LogP contribution in [0, 0.1) is 30.7 Å². The van der Waals surface area contributed by atoms with E-state index < -0.39 is 72.2 Å². The number of halogens is 1. The molecule has 5 atom stereocenters. The topological polar surface area (TPSA) is 352 Å². The molecule has 0 saturated carbocycles. The van der Waals surface area contributed by atoms with Gasteiger partial charge in [-0.2, -0.15) is 0 Å². The summed E-state index contributed by atoms with van der Waals surface area (Å²) in [6.45, 7) is 35.1. The number of aliphatic hydroxyl groups is 2. The highest BCUT2D eigenvalue weighted by Crippen LogP contribution is 2.24. The maximum absolute atomic E-state index is 12.5. The van der Waals surface area contributed by atoms with Crippen LogP contribution in [0.5, 0.6) is 17.2 Å². The van der Waals surface area contributed by atoms with Crippen molar-refractivity contribution in [2.24, 2.45) is 5.73 Å². The molecule has 1 aliphatic rings. The van der Waals surface area contributed by atoms with E-state index in [2.05, 4.69) is 73.7 Å². The molecular formula is C66H108ClN3O21P2. The Balaban J connectivity index is -0.000000161. The fraction of sp³-hybridized carbons (Fsp3) is 0.500. The Morgan fingerprint density at radius 2 is 1.01 bits per heavy atom. The van der Waals surface area contributed by atoms with Crippen molar-refractivity contribution in [3.8, 4) is 17.2 Å². The highest BCUT2D eigenvalue weighted by molar-refractivity contribution is 7.92. The molecule has 5 unspecified atom stereocenters. The van der Waals surface area contributed by atoms with Crippen LogP contribution in [-0.4, -0.2) is 134 Å². The number of aliphatic hydroxyl groups excluding tert-OH is 2. The summed E-state index contributed by atoms with van der Waals surface area (Å²) in [6, 6.07) is 14.6.